The van der Waals surface area contributed by atoms with Crippen LogP contribution in [0.15, 0.2) is 35.3 Å². The molecule has 2 saturated heterocycles. The van der Waals surface area contributed by atoms with E-state index in [1.165, 1.54) is 24.9 Å². The van der Waals surface area contributed by atoms with Crippen molar-refractivity contribution in [3.8, 4) is 0 Å². The topological polar surface area (TPSA) is 52.1 Å². The van der Waals surface area contributed by atoms with E-state index in [9.17, 15) is 0 Å². The highest BCUT2D eigenvalue weighted by atomic mass is 16.5. The molecule has 0 bridgehead atoms. The molecule has 2 aliphatic heterocycles. The maximum atomic E-state index is 5.44. The third-order valence-electron chi connectivity index (χ3n) is 5.81. The number of likely N-dealkylation sites (tertiary alicyclic amines) is 1. The Morgan fingerprint density at radius 3 is 2.72 bits per heavy atom. The normalized spacial score (nSPS) is 22.6. The molecule has 6 nitrogen and oxygen atoms in total. The Bertz CT molecular complexity index is 603. The van der Waals surface area contributed by atoms with E-state index in [1.54, 1.807) is 0 Å². The first-order valence-corrected chi connectivity index (χ1v) is 11.3. The van der Waals surface area contributed by atoms with Gasteiger partial charge < -0.3 is 15.4 Å². The molecular weight excluding hydrogens is 362 g/mol. The number of guanidine groups is 1. The predicted molar refractivity (Wildman–Crippen MR) is 120 cm³/mol. The second-order valence-corrected chi connectivity index (χ2v) is 8.37. The van der Waals surface area contributed by atoms with E-state index < -0.39 is 0 Å². The monoisotopic (exact) mass is 401 g/mol. The van der Waals surface area contributed by atoms with Crippen LogP contribution in [0.4, 0.5) is 0 Å². The molecule has 2 unspecified atom stereocenters. The lowest BCUT2D eigenvalue weighted by molar-refractivity contribution is 0.0323. The van der Waals surface area contributed by atoms with Gasteiger partial charge in [0.25, 0.3) is 0 Å². The Labute approximate surface area is 176 Å². The van der Waals surface area contributed by atoms with Crippen LogP contribution in [0.3, 0.4) is 0 Å². The molecule has 2 atom stereocenters. The van der Waals surface area contributed by atoms with Crippen LogP contribution in [-0.2, 0) is 11.3 Å². The van der Waals surface area contributed by atoms with Crippen molar-refractivity contribution in [1.29, 1.82) is 0 Å². The molecule has 0 radical (unpaired) electrons. The van der Waals surface area contributed by atoms with Gasteiger partial charge in [0.15, 0.2) is 5.96 Å². The van der Waals surface area contributed by atoms with Crippen LogP contribution in [0, 0.1) is 5.92 Å². The van der Waals surface area contributed by atoms with Gasteiger partial charge in [-0.2, -0.15) is 0 Å². The summed E-state index contributed by atoms with van der Waals surface area (Å²) in [6.45, 7) is 14.3. The SMILES string of the molecule is CCNC(=NCC(C)CN1CCOCC1)NCC1CCCN1Cc1ccccc1. The molecule has 2 fully saturated rings. The first-order chi connectivity index (χ1) is 14.2. The molecule has 2 heterocycles. The molecule has 0 aromatic heterocycles. The smallest absolute Gasteiger partial charge is 0.191 e. The fourth-order valence-corrected chi connectivity index (χ4v) is 4.24. The van der Waals surface area contributed by atoms with Gasteiger partial charge in [-0.3, -0.25) is 14.8 Å². The van der Waals surface area contributed by atoms with Crippen molar-refractivity contribution in [1.82, 2.24) is 20.4 Å². The molecule has 6 heteroatoms. The van der Waals surface area contributed by atoms with Gasteiger partial charge in [0.2, 0.25) is 0 Å². The molecule has 2 aliphatic rings. The van der Waals surface area contributed by atoms with Gasteiger partial charge in [0, 0.05) is 51.9 Å². The van der Waals surface area contributed by atoms with E-state index in [4.69, 9.17) is 9.73 Å². The first kappa shape index (κ1) is 22.1. The van der Waals surface area contributed by atoms with Crippen LogP contribution in [0.1, 0.15) is 32.3 Å². The summed E-state index contributed by atoms with van der Waals surface area (Å²) in [5, 5.41) is 7.02. The number of hydrogen-bond acceptors (Lipinski definition) is 4. The zero-order valence-electron chi connectivity index (χ0n) is 18.3. The molecule has 3 rings (SSSR count). The summed E-state index contributed by atoms with van der Waals surface area (Å²) in [5.74, 6) is 1.50. The minimum atomic E-state index is 0.546. The predicted octanol–water partition coefficient (Wildman–Crippen LogP) is 2.17. The highest BCUT2D eigenvalue weighted by molar-refractivity contribution is 5.79. The molecular formula is C23H39N5O. The summed E-state index contributed by atoms with van der Waals surface area (Å²) in [7, 11) is 0. The summed E-state index contributed by atoms with van der Waals surface area (Å²) in [4.78, 5) is 9.96. The van der Waals surface area contributed by atoms with Gasteiger partial charge in [0.1, 0.15) is 0 Å². The third kappa shape index (κ3) is 7.61. The number of morpholine rings is 1. The Balaban J connectivity index is 1.45. The van der Waals surface area contributed by atoms with Crippen molar-refractivity contribution in [3.05, 3.63) is 35.9 Å². The minimum Gasteiger partial charge on any atom is -0.379 e. The van der Waals surface area contributed by atoms with Gasteiger partial charge in [0.05, 0.1) is 13.2 Å². The van der Waals surface area contributed by atoms with Crippen molar-refractivity contribution < 1.29 is 4.74 Å². The molecule has 2 N–H and O–H groups in total. The van der Waals surface area contributed by atoms with Gasteiger partial charge in [-0.15, -0.1) is 0 Å². The van der Waals surface area contributed by atoms with Gasteiger partial charge >= 0.3 is 0 Å². The first-order valence-electron chi connectivity index (χ1n) is 11.3. The fraction of sp³-hybridized carbons (Fsp3) is 0.696. The second kappa shape index (κ2) is 12.2. The van der Waals surface area contributed by atoms with Gasteiger partial charge in [-0.05, 0) is 37.8 Å². The lowest BCUT2D eigenvalue weighted by atomic mass is 10.1. The number of hydrogen-bond donors (Lipinski definition) is 2. The summed E-state index contributed by atoms with van der Waals surface area (Å²) >= 11 is 0. The maximum Gasteiger partial charge on any atom is 0.191 e. The molecule has 29 heavy (non-hydrogen) atoms. The van der Waals surface area contributed by atoms with E-state index in [-0.39, 0.29) is 0 Å². The number of nitrogens with zero attached hydrogens (tertiary/aromatic N) is 3. The van der Waals surface area contributed by atoms with Crippen molar-refractivity contribution >= 4 is 5.96 Å². The average molecular weight is 402 g/mol. The maximum absolute atomic E-state index is 5.44. The highest BCUT2D eigenvalue weighted by Crippen LogP contribution is 2.19. The lowest BCUT2D eigenvalue weighted by Gasteiger charge is -2.28. The Morgan fingerprint density at radius 2 is 1.97 bits per heavy atom. The van der Waals surface area contributed by atoms with Crippen LogP contribution >= 0.6 is 0 Å². The zero-order chi connectivity index (χ0) is 20.3. The van der Waals surface area contributed by atoms with E-state index in [0.717, 1.165) is 65.0 Å². The molecule has 1 aromatic carbocycles. The van der Waals surface area contributed by atoms with Crippen LogP contribution in [-0.4, -0.2) is 80.8 Å². The van der Waals surface area contributed by atoms with Crippen LogP contribution in [0.5, 0.6) is 0 Å². The molecule has 0 amide bonds. The number of benzene rings is 1. The van der Waals surface area contributed by atoms with Gasteiger partial charge in [-0.1, -0.05) is 37.3 Å². The molecule has 0 saturated carbocycles. The number of nitrogens with one attached hydrogen (secondary N) is 2. The Hall–Kier alpha value is -1.63. The largest absolute Gasteiger partial charge is 0.379 e. The third-order valence-corrected chi connectivity index (χ3v) is 5.81. The quantitative estimate of drug-likeness (QED) is 0.491. The lowest BCUT2D eigenvalue weighted by Crippen LogP contribution is -2.45. The number of aliphatic imine (C=N–C) groups is 1. The summed E-state index contributed by atoms with van der Waals surface area (Å²) < 4.78 is 5.44. The number of rotatable bonds is 9. The highest BCUT2D eigenvalue weighted by Gasteiger charge is 2.24. The van der Waals surface area contributed by atoms with E-state index >= 15 is 0 Å². The van der Waals surface area contributed by atoms with Crippen LogP contribution < -0.4 is 10.6 Å². The van der Waals surface area contributed by atoms with E-state index in [0.29, 0.717) is 12.0 Å². The fourth-order valence-electron chi connectivity index (χ4n) is 4.24. The zero-order valence-corrected chi connectivity index (χ0v) is 18.3. The van der Waals surface area contributed by atoms with Gasteiger partial charge in [-0.25, -0.2) is 0 Å². The summed E-state index contributed by atoms with van der Waals surface area (Å²) in [6, 6.07) is 11.4. The van der Waals surface area contributed by atoms with Crippen LogP contribution in [0.2, 0.25) is 0 Å². The Morgan fingerprint density at radius 1 is 1.17 bits per heavy atom. The minimum absolute atomic E-state index is 0.546. The number of ether oxygens (including phenoxy) is 1. The Kier molecular flexibility index (Phi) is 9.25. The molecule has 0 aliphatic carbocycles. The van der Waals surface area contributed by atoms with Crippen LogP contribution in [0.25, 0.3) is 0 Å². The van der Waals surface area contributed by atoms with E-state index in [1.807, 2.05) is 0 Å². The van der Waals surface area contributed by atoms with Crippen molar-refractivity contribution in [2.75, 3.05) is 59.0 Å². The molecule has 162 valence electrons. The van der Waals surface area contributed by atoms with Crippen molar-refractivity contribution in [3.63, 3.8) is 0 Å². The second-order valence-electron chi connectivity index (χ2n) is 8.37. The molecule has 1 aromatic rings. The standard InChI is InChI=1S/C23H39N5O/c1-3-24-23(25-16-20(2)18-27-12-14-29-15-13-27)26-17-22-10-7-11-28(22)19-21-8-5-4-6-9-21/h4-6,8-9,20,22H,3,7,10-19H2,1-2H3,(H2,24,25,26). The van der Waals surface area contributed by atoms with E-state index in [2.05, 4.69) is 64.6 Å². The average Bonchev–Trinajstić information content (AvgIpc) is 3.18. The summed E-state index contributed by atoms with van der Waals surface area (Å²) in [5.41, 5.74) is 1.40. The van der Waals surface area contributed by atoms with Crippen molar-refractivity contribution in [2.24, 2.45) is 10.9 Å². The van der Waals surface area contributed by atoms with Crippen molar-refractivity contribution in [2.45, 2.75) is 39.3 Å². The molecule has 0 spiro atoms. The summed E-state index contributed by atoms with van der Waals surface area (Å²) in [6.07, 6.45) is 2.54.